The molecule has 3 aromatic rings. The number of nitrogens with zero attached hydrogens (tertiary/aromatic N) is 1. The molecule has 0 spiro atoms. The molecular weight excluding hydrogens is 370 g/mol. The summed E-state index contributed by atoms with van der Waals surface area (Å²) in [5.41, 5.74) is 3.46. The van der Waals surface area contributed by atoms with Gasteiger partial charge in [0, 0.05) is 18.4 Å². The number of carbonyl (C=O) groups excluding carboxylic acids is 2. The molecule has 0 saturated carbocycles. The molecule has 29 heavy (non-hydrogen) atoms. The fraction of sp³-hybridized carbons (Fsp3) is 0.381. The molecule has 0 bridgehead atoms. The van der Waals surface area contributed by atoms with Crippen molar-refractivity contribution in [2.45, 2.75) is 45.1 Å². The number of urea groups is 1. The number of amides is 3. The van der Waals surface area contributed by atoms with Crippen molar-refractivity contribution < 1.29 is 14.8 Å². The lowest BCUT2D eigenvalue weighted by atomic mass is 10.1. The van der Waals surface area contributed by atoms with E-state index in [1.54, 1.807) is 5.48 Å². The normalized spacial score (nSPS) is 12.1. The predicted molar refractivity (Wildman–Crippen MR) is 112 cm³/mol. The second-order valence-corrected chi connectivity index (χ2v) is 7.00. The molecule has 0 fully saturated rings. The van der Waals surface area contributed by atoms with Gasteiger partial charge in [0.25, 0.3) is 0 Å². The van der Waals surface area contributed by atoms with Crippen LogP contribution >= 0.6 is 0 Å². The SMILES string of the molecule is CCNC(=O)NC(CCCCCC(=O)NO)c1nc2c(ccc3ccccc32)[nH]1. The molecule has 1 aromatic heterocycles. The van der Waals surface area contributed by atoms with Gasteiger partial charge in [-0.25, -0.2) is 15.3 Å². The zero-order chi connectivity index (χ0) is 20.6. The van der Waals surface area contributed by atoms with Gasteiger partial charge in [0.05, 0.1) is 17.1 Å². The number of unbranched alkanes of at least 4 members (excludes halogenated alkanes) is 2. The van der Waals surface area contributed by atoms with Crippen LogP contribution in [-0.2, 0) is 4.79 Å². The van der Waals surface area contributed by atoms with Gasteiger partial charge in [-0.1, -0.05) is 43.2 Å². The Balaban J connectivity index is 1.76. The summed E-state index contributed by atoms with van der Waals surface area (Å²) in [5, 5.41) is 16.5. The summed E-state index contributed by atoms with van der Waals surface area (Å²) in [6, 6.07) is 11.6. The molecule has 0 aliphatic rings. The monoisotopic (exact) mass is 397 g/mol. The molecule has 0 aliphatic carbocycles. The summed E-state index contributed by atoms with van der Waals surface area (Å²) < 4.78 is 0. The topological polar surface area (TPSA) is 119 Å². The highest BCUT2D eigenvalue weighted by molar-refractivity contribution is 6.04. The first-order valence-corrected chi connectivity index (χ1v) is 9.97. The van der Waals surface area contributed by atoms with Crippen molar-refractivity contribution in [3.05, 3.63) is 42.2 Å². The van der Waals surface area contributed by atoms with Crippen LogP contribution < -0.4 is 16.1 Å². The van der Waals surface area contributed by atoms with Crippen LogP contribution in [0.25, 0.3) is 21.8 Å². The number of benzene rings is 2. The third kappa shape index (κ3) is 5.23. The molecular formula is C21H27N5O3. The summed E-state index contributed by atoms with van der Waals surface area (Å²) in [6.45, 7) is 2.41. The molecule has 2 aromatic carbocycles. The summed E-state index contributed by atoms with van der Waals surface area (Å²) in [7, 11) is 0. The van der Waals surface area contributed by atoms with Crippen LogP contribution in [0.15, 0.2) is 36.4 Å². The first-order chi connectivity index (χ1) is 14.1. The molecule has 8 nitrogen and oxygen atoms in total. The number of imidazole rings is 1. The Kier molecular flexibility index (Phi) is 7.02. The quantitative estimate of drug-likeness (QED) is 0.215. The van der Waals surface area contributed by atoms with E-state index in [2.05, 4.69) is 27.8 Å². The molecule has 3 rings (SSSR count). The van der Waals surface area contributed by atoms with Crippen molar-refractivity contribution in [1.29, 1.82) is 0 Å². The zero-order valence-corrected chi connectivity index (χ0v) is 16.5. The van der Waals surface area contributed by atoms with Crippen LogP contribution in [0.1, 0.15) is 50.9 Å². The maximum Gasteiger partial charge on any atom is 0.315 e. The minimum absolute atomic E-state index is 0.234. The van der Waals surface area contributed by atoms with Crippen molar-refractivity contribution in [2.24, 2.45) is 0 Å². The van der Waals surface area contributed by atoms with E-state index in [0.29, 0.717) is 19.4 Å². The molecule has 3 amide bonds. The smallest absolute Gasteiger partial charge is 0.315 e. The number of fused-ring (bicyclic) bond motifs is 3. The van der Waals surface area contributed by atoms with Crippen molar-refractivity contribution >= 4 is 33.7 Å². The van der Waals surface area contributed by atoms with Gasteiger partial charge in [-0.2, -0.15) is 0 Å². The van der Waals surface area contributed by atoms with E-state index in [4.69, 9.17) is 10.2 Å². The zero-order valence-electron chi connectivity index (χ0n) is 16.5. The Morgan fingerprint density at radius 2 is 1.97 bits per heavy atom. The van der Waals surface area contributed by atoms with Crippen molar-refractivity contribution in [2.75, 3.05) is 6.54 Å². The second-order valence-electron chi connectivity index (χ2n) is 7.00. The lowest BCUT2D eigenvalue weighted by molar-refractivity contribution is -0.129. The molecule has 154 valence electrons. The maximum absolute atomic E-state index is 12.1. The van der Waals surface area contributed by atoms with E-state index >= 15 is 0 Å². The molecule has 1 heterocycles. The number of aromatic nitrogens is 2. The second kappa shape index (κ2) is 9.88. The lowest BCUT2D eigenvalue weighted by Crippen LogP contribution is -2.38. The van der Waals surface area contributed by atoms with Gasteiger partial charge in [0.2, 0.25) is 5.91 Å². The minimum atomic E-state index is -0.383. The molecule has 0 saturated heterocycles. The molecule has 1 unspecified atom stereocenters. The highest BCUT2D eigenvalue weighted by Crippen LogP contribution is 2.26. The van der Waals surface area contributed by atoms with E-state index in [0.717, 1.165) is 40.5 Å². The van der Waals surface area contributed by atoms with Crippen molar-refractivity contribution in [3.8, 4) is 0 Å². The van der Waals surface area contributed by atoms with Crippen molar-refractivity contribution in [1.82, 2.24) is 26.1 Å². The number of nitrogens with one attached hydrogen (secondary N) is 4. The fourth-order valence-corrected chi connectivity index (χ4v) is 3.44. The highest BCUT2D eigenvalue weighted by atomic mass is 16.5. The molecule has 5 N–H and O–H groups in total. The van der Waals surface area contributed by atoms with Gasteiger partial charge in [-0.15, -0.1) is 0 Å². The summed E-state index contributed by atoms with van der Waals surface area (Å²) in [4.78, 5) is 31.4. The standard InChI is InChI=1S/C21H27N5O3/c1-2-22-21(28)24-17(10-4-3-5-11-18(27)26-29)20-23-16-13-12-14-8-6-7-9-15(14)19(16)25-20/h6-9,12-13,17,29H,2-5,10-11H2,1H3,(H,23,25)(H,26,27)(H2,22,24,28). The number of rotatable bonds is 9. The largest absolute Gasteiger partial charge is 0.340 e. The predicted octanol–water partition coefficient (Wildman–Crippen LogP) is 3.53. The minimum Gasteiger partial charge on any atom is -0.340 e. The number of hydroxylamine groups is 1. The van der Waals surface area contributed by atoms with E-state index < -0.39 is 0 Å². The van der Waals surface area contributed by atoms with Crippen LogP contribution in [0.5, 0.6) is 0 Å². The van der Waals surface area contributed by atoms with E-state index in [1.807, 2.05) is 31.2 Å². The average Bonchev–Trinajstić information content (AvgIpc) is 3.17. The van der Waals surface area contributed by atoms with Gasteiger partial charge in [0.1, 0.15) is 5.82 Å². The fourth-order valence-electron chi connectivity index (χ4n) is 3.44. The number of hydrogen-bond acceptors (Lipinski definition) is 4. The number of H-pyrrole nitrogens is 1. The lowest BCUT2D eigenvalue weighted by Gasteiger charge is -2.17. The Morgan fingerprint density at radius 3 is 2.76 bits per heavy atom. The van der Waals surface area contributed by atoms with Crippen LogP contribution in [0.2, 0.25) is 0 Å². The van der Waals surface area contributed by atoms with E-state index in [1.165, 1.54) is 0 Å². The van der Waals surface area contributed by atoms with Gasteiger partial charge >= 0.3 is 6.03 Å². The number of carbonyl (C=O) groups is 2. The van der Waals surface area contributed by atoms with E-state index in [-0.39, 0.29) is 24.4 Å². The maximum atomic E-state index is 12.1. The highest BCUT2D eigenvalue weighted by Gasteiger charge is 2.19. The molecule has 8 heteroatoms. The third-order valence-electron chi connectivity index (χ3n) is 4.89. The van der Waals surface area contributed by atoms with Crippen LogP contribution in [0, 0.1) is 0 Å². The van der Waals surface area contributed by atoms with Crippen LogP contribution in [0.3, 0.4) is 0 Å². The first-order valence-electron chi connectivity index (χ1n) is 9.97. The summed E-state index contributed by atoms with van der Waals surface area (Å²) >= 11 is 0. The number of aromatic amines is 1. The first kappa shape index (κ1) is 20.6. The Hall–Kier alpha value is -3.13. The molecule has 1 atom stereocenters. The Morgan fingerprint density at radius 1 is 1.14 bits per heavy atom. The summed E-state index contributed by atoms with van der Waals surface area (Å²) in [5.74, 6) is 0.335. The third-order valence-corrected chi connectivity index (χ3v) is 4.89. The van der Waals surface area contributed by atoms with Gasteiger partial charge in [-0.05, 0) is 31.2 Å². The average molecular weight is 397 g/mol. The van der Waals surface area contributed by atoms with Crippen LogP contribution in [-0.4, -0.2) is 33.7 Å². The molecule has 0 aliphatic heterocycles. The van der Waals surface area contributed by atoms with Gasteiger partial charge in [-0.3, -0.25) is 10.0 Å². The van der Waals surface area contributed by atoms with Crippen LogP contribution in [0.4, 0.5) is 4.79 Å². The Labute approximate surface area is 169 Å². The van der Waals surface area contributed by atoms with Gasteiger partial charge < -0.3 is 15.6 Å². The van der Waals surface area contributed by atoms with Gasteiger partial charge in [0.15, 0.2) is 0 Å². The Bertz CT molecular complexity index is 985. The summed E-state index contributed by atoms with van der Waals surface area (Å²) in [6.07, 6.45) is 3.26. The van der Waals surface area contributed by atoms with Crippen molar-refractivity contribution in [3.63, 3.8) is 0 Å². The molecule has 0 radical (unpaired) electrons. The number of hydrogen-bond donors (Lipinski definition) is 5. The van der Waals surface area contributed by atoms with E-state index in [9.17, 15) is 9.59 Å².